The van der Waals surface area contributed by atoms with Gasteiger partial charge in [0.25, 0.3) is 0 Å². The maximum Gasteiger partial charge on any atom is 0.0575 e. The van der Waals surface area contributed by atoms with Gasteiger partial charge in [0.2, 0.25) is 0 Å². The fraction of sp³-hybridized carbons (Fsp3) is 0.750. The summed E-state index contributed by atoms with van der Waals surface area (Å²) in [5, 5.41) is 8.53. The first-order chi connectivity index (χ1) is 4.75. The number of hydrogen-bond acceptors (Lipinski definition) is 2. The number of nitrogens with zero attached hydrogens (tertiary/aromatic N) is 1. The summed E-state index contributed by atoms with van der Waals surface area (Å²) in [5.41, 5.74) is 2.88. The van der Waals surface area contributed by atoms with Gasteiger partial charge >= 0.3 is 0 Å². The molecule has 2 heteroatoms. The van der Waals surface area contributed by atoms with Gasteiger partial charge in [-0.15, -0.1) is 0 Å². The number of rotatable bonds is 3. The van der Waals surface area contributed by atoms with Gasteiger partial charge in [-0.05, 0) is 20.3 Å². The number of aliphatic hydroxyl groups is 1. The highest BCUT2D eigenvalue weighted by Gasteiger charge is 2.24. The zero-order valence-corrected chi connectivity index (χ0v) is 6.72. The SMILES string of the molecule is CC(C)=C1CN1CCCO. The van der Waals surface area contributed by atoms with E-state index in [9.17, 15) is 0 Å². The third kappa shape index (κ3) is 1.74. The molecule has 1 aliphatic rings. The van der Waals surface area contributed by atoms with Gasteiger partial charge in [0.05, 0.1) is 6.54 Å². The van der Waals surface area contributed by atoms with Crippen LogP contribution in [0.25, 0.3) is 0 Å². The van der Waals surface area contributed by atoms with E-state index < -0.39 is 0 Å². The van der Waals surface area contributed by atoms with Crippen LogP contribution in [0.1, 0.15) is 20.3 Å². The number of aliphatic hydroxyl groups excluding tert-OH is 1. The van der Waals surface area contributed by atoms with Crippen molar-refractivity contribution >= 4 is 0 Å². The third-order valence-electron chi connectivity index (χ3n) is 1.78. The van der Waals surface area contributed by atoms with Gasteiger partial charge in [0.15, 0.2) is 0 Å². The maximum atomic E-state index is 8.53. The molecule has 0 spiro atoms. The second-order valence-corrected chi connectivity index (χ2v) is 2.95. The van der Waals surface area contributed by atoms with Crippen molar-refractivity contribution in [1.82, 2.24) is 4.90 Å². The molecular weight excluding hydrogens is 126 g/mol. The molecule has 1 saturated heterocycles. The molecule has 58 valence electrons. The van der Waals surface area contributed by atoms with Crippen LogP contribution in [0.5, 0.6) is 0 Å². The van der Waals surface area contributed by atoms with Gasteiger partial charge in [-0.1, -0.05) is 5.57 Å². The van der Waals surface area contributed by atoms with Crippen molar-refractivity contribution in [2.75, 3.05) is 19.7 Å². The first-order valence-corrected chi connectivity index (χ1v) is 3.78. The van der Waals surface area contributed by atoms with Crippen LogP contribution in [-0.2, 0) is 0 Å². The highest BCUT2D eigenvalue weighted by Crippen LogP contribution is 2.25. The van der Waals surface area contributed by atoms with Crippen molar-refractivity contribution in [1.29, 1.82) is 0 Å². The molecule has 0 aromatic heterocycles. The van der Waals surface area contributed by atoms with Crippen molar-refractivity contribution in [3.8, 4) is 0 Å². The van der Waals surface area contributed by atoms with E-state index in [0.29, 0.717) is 6.61 Å². The molecule has 0 aromatic carbocycles. The predicted molar refractivity (Wildman–Crippen MR) is 41.6 cm³/mol. The average Bonchev–Trinajstić information content (AvgIpc) is 2.62. The Morgan fingerprint density at radius 3 is 2.70 bits per heavy atom. The van der Waals surface area contributed by atoms with Crippen molar-refractivity contribution in [3.63, 3.8) is 0 Å². The Kier molecular flexibility index (Phi) is 2.33. The highest BCUT2D eigenvalue weighted by molar-refractivity contribution is 5.23. The topological polar surface area (TPSA) is 23.2 Å². The van der Waals surface area contributed by atoms with Gasteiger partial charge in [-0.3, -0.25) is 0 Å². The smallest absolute Gasteiger partial charge is 0.0575 e. The van der Waals surface area contributed by atoms with E-state index in [1.807, 2.05) is 0 Å². The van der Waals surface area contributed by atoms with Crippen LogP contribution >= 0.6 is 0 Å². The van der Waals surface area contributed by atoms with Crippen LogP contribution in [0, 0.1) is 0 Å². The predicted octanol–water partition coefficient (Wildman–Crippen LogP) is 0.978. The molecule has 0 radical (unpaired) electrons. The van der Waals surface area contributed by atoms with Gasteiger partial charge in [0.1, 0.15) is 0 Å². The molecule has 1 heterocycles. The molecule has 0 amide bonds. The van der Waals surface area contributed by atoms with Crippen molar-refractivity contribution < 1.29 is 5.11 Å². The lowest BCUT2D eigenvalue weighted by Crippen LogP contribution is -2.00. The van der Waals surface area contributed by atoms with Gasteiger partial charge < -0.3 is 10.0 Å². The molecule has 2 nitrogen and oxygen atoms in total. The summed E-state index contributed by atoms with van der Waals surface area (Å²) in [4.78, 5) is 2.30. The van der Waals surface area contributed by atoms with Gasteiger partial charge in [0, 0.05) is 18.8 Å². The lowest BCUT2D eigenvalue weighted by atomic mass is 10.3. The summed E-state index contributed by atoms with van der Waals surface area (Å²) in [7, 11) is 0. The van der Waals surface area contributed by atoms with Gasteiger partial charge in [-0.25, -0.2) is 0 Å². The zero-order valence-electron chi connectivity index (χ0n) is 6.72. The molecule has 1 aliphatic heterocycles. The van der Waals surface area contributed by atoms with Crippen LogP contribution in [0.3, 0.4) is 0 Å². The van der Waals surface area contributed by atoms with Crippen LogP contribution in [-0.4, -0.2) is 29.7 Å². The molecule has 1 rings (SSSR count). The Morgan fingerprint density at radius 1 is 1.60 bits per heavy atom. The zero-order chi connectivity index (χ0) is 7.56. The highest BCUT2D eigenvalue weighted by atomic mass is 16.3. The summed E-state index contributed by atoms with van der Waals surface area (Å²) in [6, 6.07) is 0. The Bertz CT molecular complexity index is 147. The Labute approximate surface area is 62.2 Å². The van der Waals surface area contributed by atoms with E-state index in [2.05, 4.69) is 18.7 Å². The molecule has 10 heavy (non-hydrogen) atoms. The van der Waals surface area contributed by atoms with Crippen molar-refractivity contribution in [3.05, 3.63) is 11.3 Å². The number of allylic oxidation sites excluding steroid dienone is 1. The average molecular weight is 141 g/mol. The summed E-state index contributed by atoms with van der Waals surface area (Å²) in [6.45, 7) is 6.73. The lowest BCUT2D eigenvalue weighted by molar-refractivity contribution is 0.279. The molecule has 0 unspecified atom stereocenters. The minimum absolute atomic E-state index is 0.312. The second kappa shape index (κ2) is 3.06. The monoisotopic (exact) mass is 141 g/mol. The first kappa shape index (κ1) is 7.61. The summed E-state index contributed by atoms with van der Waals surface area (Å²) in [6.07, 6.45) is 0.900. The quantitative estimate of drug-likeness (QED) is 0.592. The van der Waals surface area contributed by atoms with E-state index >= 15 is 0 Å². The van der Waals surface area contributed by atoms with Crippen LogP contribution in [0.4, 0.5) is 0 Å². The first-order valence-electron chi connectivity index (χ1n) is 3.78. The molecule has 0 aromatic rings. The molecule has 1 N–H and O–H groups in total. The lowest BCUT2D eigenvalue weighted by Gasteiger charge is -1.97. The fourth-order valence-corrected chi connectivity index (χ4v) is 1.10. The molecular formula is C8H15NO. The minimum atomic E-state index is 0.312. The van der Waals surface area contributed by atoms with E-state index in [-0.39, 0.29) is 0 Å². The standard InChI is InChI=1S/C8H15NO/c1-7(2)8-6-9(8)4-3-5-10/h10H,3-6H2,1-2H3. The van der Waals surface area contributed by atoms with E-state index in [1.165, 1.54) is 11.3 Å². The third-order valence-corrected chi connectivity index (χ3v) is 1.78. The Balaban J connectivity index is 2.20. The molecule has 1 fully saturated rings. The van der Waals surface area contributed by atoms with E-state index in [0.717, 1.165) is 19.5 Å². The van der Waals surface area contributed by atoms with Crippen molar-refractivity contribution in [2.45, 2.75) is 20.3 Å². The maximum absolute atomic E-state index is 8.53. The van der Waals surface area contributed by atoms with E-state index in [4.69, 9.17) is 5.11 Å². The Hall–Kier alpha value is -0.500. The fourth-order valence-electron chi connectivity index (χ4n) is 1.10. The Morgan fingerprint density at radius 2 is 2.30 bits per heavy atom. The molecule has 0 atom stereocenters. The summed E-state index contributed by atoms with van der Waals surface area (Å²) in [5.74, 6) is 0. The van der Waals surface area contributed by atoms with Crippen LogP contribution < -0.4 is 0 Å². The summed E-state index contributed by atoms with van der Waals surface area (Å²) < 4.78 is 0. The van der Waals surface area contributed by atoms with E-state index in [1.54, 1.807) is 0 Å². The van der Waals surface area contributed by atoms with Crippen molar-refractivity contribution in [2.24, 2.45) is 0 Å². The number of hydrogen-bond donors (Lipinski definition) is 1. The molecule has 0 bridgehead atoms. The van der Waals surface area contributed by atoms with Crippen LogP contribution in [0.15, 0.2) is 11.3 Å². The molecule has 0 saturated carbocycles. The largest absolute Gasteiger partial charge is 0.396 e. The summed E-state index contributed by atoms with van der Waals surface area (Å²) >= 11 is 0. The molecule has 0 aliphatic carbocycles. The van der Waals surface area contributed by atoms with Gasteiger partial charge in [-0.2, -0.15) is 0 Å². The van der Waals surface area contributed by atoms with Crippen LogP contribution in [0.2, 0.25) is 0 Å². The second-order valence-electron chi connectivity index (χ2n) is 2.95. The minimum Gasteiger partial charge on any atom is -0.396 e. The normalized spacial score (nSPS) is 15.9.